The highest BCUT2D eigenvalue weighted by molar-refractivity contribution is 5.62. The van der Waals surface area contributed by atoms with Gasteiger partial charge in [0, 0.05) is 27.1 Å². The smallest absolute Gasteiger partial charge is 0.261 e. The van der Waals surface area contributed by atoms with Gasteiger partial charge >= 0.3 is 0 Å². The van der Waals surface area contributed by atoms with Crippen LogP contribution in [0.2, 0.25) is 0 Å². The molecule has 3 heteroatoms. The quantitative estimate of drug-likeness (QED) is 0.590. The number of aryl methyl sites for hydroxylation is 3. The lowest BCUT2D eigenvalue weighted by atomic mass is 9.92. The van der Waals surface area contributed by atoms with E-state index in [-0.39, 0.29) is 5.69 Å². The predicted molar refractivity (Wildman–Crippen MR) is 108 cm³/mol. The third-order valence-corrected chi connectivity index (χ3v) is 4.94. The van der Waals surface area contributed by atoms with Crippen LogP contribution in [-0.4, -0.2) is 9.55 Å². The van der Waals surface area contributed by atoms with Crippen LogP contribution in [-0.2, 0) is 7.05 Å². The summed E-state index contributed by atoms with van der Waals surface area (Å²) in [6.07, 6.45) is 5.81. The van der Waals surface area contributed by atoms with E-state index in [1.165, 1.54) is 16.8 Å². The van der Waals surface area contributed by atoms with Crippen LogP contribution in [0.3, 0.4) is 0 Å². The summed E-state index contributed by atoms with van der Waals surface area (Å²) >= 11 is 0. The van der Waals surface area contributed by atoms with E-state index in [1.807, 2.05) is 20.2 Å². The van der Waals surface area contributed by atoms with Gasteiger partial charge in [-0.1, -0.05) is 45.9 Å². The number of hydrogen-bond acceptors (Lipinski definition) is 1. The minimum atomic E-state index is -2.21. The second-order valence-electron chi connectivity index (χ2n) is 7.58. The Morgan fingerprint density at radius 2 is 1.77 bits per heavy atom. The summed E-state index contributed by atoms with van der Waals surface area (Å²) in [5, 5.41) is 0. The van der Waals surface area contributed by atoms with E-state index in [0.29, 0.717) is 11.8 Å². The van der Waals surface area contributed by atoms with Gasteiger partial charge in [0.15, 0.2) is 0 Å². The van der Waals surface area contributed by atoms with Crippen LogP contribution in [0.5, 0.6) is 0 Å². The maximum atomic E-state index is 7.64. The first-order valence-electron chi connectivity index (χ1n) is 10.7. The summed E-state index contributed by atoms with van der Waals surface area (Å²) in [6.45, 7) is 8.59. The summed E-state index contributed by atoms with van der Waals surface area (Å²) in [6, 6.07) is 8.20. The number of imidazole rings is 1. The van der Waals surface area contributed by atoms with Crippen LogP contribution in [0.4, 0.5) is 0 Å². The van der Waals surface area contributed by atoms with E-state index < -0.39 is 6.85 Å². The molecule has 0 unspecified atom stereocenters. The lowest BCUT2D eigenvalue weighted by molar-refractivity contribution is -0.659. The molecule has 0 saturated carbocycles. The highest BCUT2D eigenvalue weighted by Crippen LogP contribution is 2.33. The Kier molecular flexibility index (Phi) is 4.00. The van der Waals surface area contributed by atoms with Crippen molar-refractivity contribution in [3.8, 4) is 17.1 Å². The zero-order valence-electron chi connectivity index (χ0n) is 19.5. The molecule has 0 bridgehead atoms. The van der Waals surface area contributed by atoms with Gasteiger partial charge in [-0.25, -0.2) is 4.57 Å². The zero-order valence-corrected chi connectivity index (χ0v) is 16.5. The second-order valence-corrected chi connectivity index (χ2v) is 7.58. The maximum absolute atomic E-state index is 7.64. The van der Waals surface area contributed by atoms with Crippen molar-refractivity contribution < 1.29 is 8.68 Å². The third kappa shape index (κ3) is 3.18. The molecule has 2 heterocycles. The Bertz CT molecular complexity index is 1000. The second kappa shape index (κ2) is 7.06. The lowest BCUT2D eigenvalue weighted by Crippen LogP contribution is -2.29. The molecular weight excluding hydrogens is 318 g/mol. The van der Waals surface area contributed by atoms with Crippen molar-refractivity contribution in [1.29, 1.82) is 0 Å². The number of aromatic nitrogens is 3. The fourth-order valence-corrected chi connectivity index (χ4v) is 3.56. The molecule has 0 aliphatic carbocycles. The van der Waals surface area contributed by atoms with Gasteiger partial charge < -0.3 is 0 Å². The van der Waals surface area contributed by atoms with Crippen molar-refractivity contribution >= 4 is 0 Å². The van der Waals surface area contributed by atoms with Crippen molar-refractivity contribution in [2.24, 2.45) is 7.05 Å². The monoisotopic (exact) mass is 351 g/mol. The molecule has 3 rings (SSSR count). The van der Waals surface area contributed by atoms with Crippen LogP contribution < -0.4 is 4.57 Å². The number of benzene rings is 1. The number of para-hydroxylation sites is 1. The molecule has 26 heavy (non-hydrogen) atoms. The summed E-state index contributed by atoms with van der Waals surface area (Å²) in [5.74, 6) is 1.74. The molecule has 0 amide bonds. The minimum absolute atomic E-state index is 0.130. The Balaban J connectivity index is 2.29. The molecule has 3 nitrogen and oxygen atoms in total. The van der Waals surface area contributed by atoms with Crippen molar-refractivity contribution in [3.63, 3.8) is 0 Å². The van der Waals surface area contributed by atoms with Gasteiger partial charge in [-0.15, -0.1) is 0 Å². The summed E-state index contributed by atoms with van der Waals surface area (Å²) in [5.41, 5.74) is 5.74. The highest BCUT2D eigenvalue weighted by Gasteiger charge is 2.26. The first-order valence-corrected chi connectivity index (χ1v) is 9.20. The molecule has 0 aliphatic rings. The summed E-state index contributed by atoms with van der Waals surface area (Å²) < 4.78 is 27.2. The SMILES string of the molecule is [2H]C([2H])([2H])c1cc(C)c(-c2n(-c3c(C(C)C)cccc3C(C)C)cc[n+]2C)cn1. The molecule has 1 aromatic carbocycles. The van der Waals surface area contributed by atoms with Gasteiger partial charge in [-0.2, -0.15) is 4.57 Å². The Morgan fingerprint density at radius 1 is 1.12 bits per heavy atom. The standard InChI is InChI=1S/C23H30N3/c1-15(2)19-9-8-10-20(16(3)4)22(19)26-12-11-25(7)23(26)21-14-24-18(6)13-17(21)5/h8-16H,1-7H3/q+1/i6D3. The summed E-state index contributed by atoms with van der Waals surface area (Å²) in [7, 11) is 2.01. The van der Waals surface area contributed by atoms with Crippen molar-refractivity contribution in [2.45, 2.75) is 53.3 Å². The topological polar surface area (TPSA) is 21.7 Å². The Morgan fingerprint density at radius 3 is 2.31 bits per heavy atom. The molecular formula is C23H30N3+. The van der Waals surface area contributed by atoms with Crippen LogP contribution >= 0.6 is 0 Å². The normalized spacial score (nSPS) is 13.8. The molecule has 3 aromatic rings. The first kappa shape index (κ1) is 14.7. The fraction of sp³-hybridized carbons (Fsp3) is 0.391. The maximum Gasteiger partial charge on any atom is 0.295 e. The van der Waals surface area contributed by atoms with Crippen molar-refractivity contribution in [2.75, 3.05) is 0 Å². The molecule has 136 valence electrons. The van der Waals surface area contributed by atoms with Crippen LogP contribution in [0.15, 0.2) is 42.9 Å². The van der Waals surface area contributed by atoms with Crippen molar-refractivity contribution in [3.05, 3.63) is 65.2 Å². The fourth-order valence-electron chi connectivity index (χ4n) is 3.56. The van der Waals surface area contributed by atoms with E-state index in [2.05, 4.69) is 66.2 Å². The van der Waals surface area contributed by atoms with E-state index >= 15 is 0 Å². The third-order valence-electron chi connectivity index (χ3n) is 4.94. The molecule has 0 aliphatic heterocycles. The Hall–Kier alpha value is -2.42. The van der Waals surface area contributed by atoms with Gasteiger partial charge in [-0.3, -0.25) is 4.98 Å². The van der Waals surface area contributed by atoms with Gasteiger partial charge in [-0.05, 0) is 37.2 Å². The zero-order chi connectivity index (χ0) is 21.5. The van der Waals surface area contributed by atoms with Gasteiger partial charge in [0.1, 0.15) is 18.1 Å². The molecule has 0 saturated heterocycles. The van der Waals surface area contributed by atoms with E-state index in [4.69, 9.17) is 4.11 Å². The number of rotatable bonds is 4. The van der Waals surface area contributed by atoms with E-state index in [1.54, 1.807) is 12.3 Å². The molecule has 0 N–H and O–H groups in total. The number of pyridine rings is 1. The summed E-state index contributed by atoms with van der Waals surface area (Å²) in [4.78, 5) is 4.27. The number of hydrogen-bond donors (Lipinski definition) is 0. The molecule has 0 fully saturated rings. The molecule has 0 spiro atoms. The lowest BCUT2D eigenvalue weighted by Gasteiger charge is -2.18. The van der Waals surface area contributed by atoms with Gasteiger partial charge in [0.25, 0.3) is 5.82 Å². The first-order chi connectivity index (χ1) is 13.5. The van der Waals surface area contributed by atoms with Crippen LogP contribution in [0.25, 0.3) is 17.1 Å². The minimum Gasteiger partial charge on any atom is -0.261 e. The highest BCUT2D eigenvalue weighted by atomic mass is 15.1. The van der Waals surface area contributed by atoms with Crippen LogP contribution in [0.1, 0.15) is 66.0 Å². The van der Waals surface area contributed by atoms with Gasteiger partial charge in [0.2, 0.25) is 0 Å². The largest absolute Gasteiger partial charge is 0.295 e. The Labute approximate surface area is 161 Å². The molecule has 0 atom stereocenters. The predicted octanol–water partition coefficient (Wildman–Crippen LogP) is 5.23. The molecule has 2 aromatic heterocycles. The van der Waals surface area contributed by atoms with E-state index in [9.17, 15) is 0 Å². The average Bonchev–Trinajstić information content (AvgIpc) is 3.01. The average molecular weight is 352 g/mol. The van der Waals surface area contributed by atoms with E-state index in [0.717, 1.165) is 17.0 Å². The number of nitrogens with zero attached hydrogens (tertiary/aromatic N) is 3. The van der Waals surface area contributed by atoms with Gasteiger partial charge in [0.05, 0.1) is 12.6 Å². The van der Waals surface area contributed by atoms with Crippen LogP contribution in [0, 0.1) is 13.8 Å². The molecule has 0 radical (unpaired) electrons. The van der Waals surface area contributed by atoms with Crippen molar-refractivity contribution in [1.82, 2.24) is 9.55 Å².